The Bertz CT molecular complexity index is 464. The number of hydrogen-bond acceptors (Lipinski definition) is 3. The van der Waals surface area contributed by atoms with Crippen molar-refractivity contribution in [1.82, 2.24) is 0 Å². The van der Waals surface area contributed by atoms with E-state index in [1.165, 1.54) is 12.1 Å². The van der Waals surface area contributed by atoms with Gasteiger partial charge in [0.25, 0.3) is 0 Å². The molecule has 104 valence electrons. The first-order valence-electron chi connectivity index (χ1n) is 6.50. The molecule has 0 aliphatic carbocycles. The molecular weight excluding hydrogens is 249 g/mol. The van der Waals surface area contributed by atoms with Crippen molar-refractivity contribution < 1.29 is 19.0 Å². The SMILES string of the molecule is CCC1OCCC1CNc1ccc(C(=O)O)cc1F. The van der Waals surface area contributed by atoms with E-state index in [0.717, 1.165) is 25.5 Å². The first-order chi connectivity index (χ1) is 9.11. The maximum atomic E-state index is 13.7. The van der Waals surface area contributed by atoms with Crippen LogP contribution in [0.25, 0.3) is 0 Å². The number of ether oxygens (including phenoxy) is 1. The molecule has 1 aromatic carbocycles. The van der Waals surface area contributed by atoms with Crippen LogP contribution < -0.4 is 5.32 Å². The summed E-state index contributed by atoms with van der Waals surface area (Å²) in [5.74, 6) is -1.28. The van der Waals surface area contributed by atoms with Crippen molar-refractivity contribution in [3.8, 4) is 0 Å². The van der Waals surface area contributed by atoms with Crippen LogP contribution >= 0.6 is 0 Å². The molecule has 0 amide bonds. The fourth-order valence-electron chi connectivity index (χ4n) is 2.41. The van der Waals surface area contributed by atoms with Crippen molar-refractivity contribution in [2.24, 2.45) is 5.92 Å². The molecule has 0 spiro atoms. The van der Waals surface area contributed by atoms with E-state index in [9.17, 15) is 9.18 Å². The van der Waals surface area contributed by atoms with E-state index >= 15 is 0 Å². The van der Waals surface area contributed by atoms with E-state index in [4.69, 9.17) is 9.84 Å². The highest BCUT2D eigenvalue weighted by Crippen LogP contribution is 2.24. The Kier molecular flexibility index (Phi) is 4.37. The molecule has 2 rings (SSSR count). The minimum absolute atomic E-state index is 0.0429. The van der Waals surface area contributed by atoms with Crippen molar-refractivity contribution in [2.45, 2.75) is 25.9 Å². The fourth-order valence-corrected chi connectivity index (χ4v) is 2.41. The molecule has 0 radical (unpaired) electrons. The van der Waals surface area contributed by atoms with Crippen LogP contribution in [0.2, 0.25) is 0 Å². The minimum Gasteiger partial charge on any atom is -0.478 e. The van der Waals surface area contributed by atoms with E-state index in [2.05, 4.69) is 12.2 Å². The quantitative estimate of drug-likeness (QED) is 0.861. The van der Waals surface area contributed by atoms with Gasteiger partial charge in [-0.25, -0.2) is 9.18 Å². The summed E-state index contributed by atoms with van der Waals surface area (Å²) in [5.41, 5.74) is 0.297. The molecule has 1 fully saturated rings. The fraction of sp³-hybridized carbons (Fsp3) is 0.500. The van der Waals surface area contributed by atoms with Gasteiger partial charge in [-0.15, -0.1) is 0 Å². The van der Waals surface area contributed by atoms with Gasteiger partial charge in [0.05, 0.1) is 17.4 Å². The summed E-state index contributed by atoms with van der Waals surface area (Å²) >= 11 is 0. The molecule has 2 unspecified atom stereocenters. The summed E-state index contributed by atoms with van der Waals surface area (Å²) in [6, 6.07) is 3.90. The van der Waals surface area contributed by atoms with E-state index < -0.39 is 11.8 Å². The third kappa shape index (κ3) is 3.23. The Morgan fingerprint density at radius 2 is 2.37 bits per heavy atom. The molecule has 5 heteroatoms. The van der Waals surface area contributed by atoms with Gasteiger partial charge < -0.3 is 15.2 Å². The smallest absolute Gasteiger partial charge is 0.335 e. The molecule has 2 N–H and O–H groups in total. The van der Waals surface area contributed by atoms with E-state index in [1.807, 2.05) is 0 Å². The van der Waals surface area contributed by atoms with Crippen molar-refractivity contribution >= 4 is 11.7 Å². The van der Waals surface area contributed by atoms with Crippen molar-refractivity contribution in [1.29, 1.82) is 0 Å². The lowest BCUT2D eigenvalue weighted by Gasteiger charge is -2.18. The second-order valence-electron chi connectivity index (χ2n) is 4.75. The number of benzene rings is 1. The van der Waals surface area contributed by atoms with Crippen LogP contribution in [0.3, 0.4) is 0 Å². The molecule has 0 aromatic heterocycles. The third-order valence-electron chi connectivity index (χ3n) is 3.52. The number of carbonyl (C=O) groups is 1. The second kappa shape index (κ2) is 6.02. The van der Waals surface area contributed by atoms with Crippen LogP contribution in [0.15, 0.2) is 18.2 Å². The van der Waals surface area contributed by atoms with E-state index in [0.29, 0.717) is 18.2 Å². The largest absolute Gasteiger partial charge is 0.478 e. The Hall–Kier alpha value is -1.62. The molecule has 1 saturated heterocycles. The zero-order valence-electron chi connectivity index (χ0n) is 10.9. The number of aromatic carboxylic acids is 1. The molecule has 1 aromatic rings. The van der Waals surface area contributed by atoms with Gasteiger partial charge in [-0.2, -0.15) is 0 Å². The predicted octanol–water partition coefficient (Wildman–Crippen LogP) is 2.75. The van der Waals surface area contributed by atoms with Crippen molar-refractivity contribution in [3.63, 3.8) is 0 Å². The van der Waals surface area contributed by atoms with Crippen molar-refractivity contribution in [2.75, 3.05) is 18.5 Å². The standard InChI is InChI=1S/C14H18FNO3/c1-2-13-10(5-6-19-13)8-16-12-4-3-9(14(17)18)7-11(12)15/h3-4,7,10,13,16H,2,5-6,8H2,1H3,(H,17,18). The van der Waals surface area contributed by atoms with Gasteiger partial charge in [0.15, 0.2) is 0 Å². The predicted molar refractivity (Wildman–Crippen MR) is 70.0 cm³/mol. The van der Waals surface area contributed by atoms with Crippen LogP contribution in [0.1, 0.15) is 30.1 Å². The van der Waals surface area contributed by atoms with Crippen LogP contribution in [-0.4, -0.2) is 30.3 Å². The Morgan fingerprint density at radius 1 is 1.58 bits per heavy atom. The number of nitrogens with one attached hydrogen (secondary N) is 1. The first kappa shape index (κ1) is 13.8. The summed E-state index contributed by atoms with van der Waals surface area (Å²) in [7, 11) is 0. The number of rotatable bonds is 5. The van der Waals surface area contributed by atoms with Gasteiger partial charge in [0.1, 0.15) is 5.82 Å². The van der Waals surface area contributed by atoms with Gasteiger partial charge in [-0.05, 0) is 31.0 Å². The lowest BCUT2D eigenvalue weighted by atomic mass is 9.99. The highest BCUT2D eigenvalue weighted by atomic mass is 19.1. The first-order valence-corrected chi connectivity index (χ1v) is 6.50. The second-order valence-corrected chi connectivity index (χ2v) is 4.75. The number of anilines is 1. The number of halogens is 1. The normalized spacial score (nSPS) is 22.4. The minimum atomic E-state index is -1.12. The van der Waals surface area contributed by atoms with Crippen LogP contribution in [0.4, 0.5) is 10.1 Å². The lowest BCUT2D eigenvalue weighted by Crippen LogP contribution is -2.23. The summed E-state index contributed by atoms with van der Waals surface area (Å²) in [6.45, 7) is 3.47. The molecule has 2 atom stereocenters. The lowest BCUT2D eigenvalue weighted by molar-refractivity contribution is 0.0696. The average molecular weight is 267 g/mol. The molecule has 0 bridgehead atoms. The molecule has 19 heavy (non-hydrogen) atoms. The van der Waals surface area contributed by atoms with Gasteiger partial charge in [-0.3, -0.25) is 0 Å². The molecule has 4 nitrogen and oxygen atoms in total. The average Bonchev–Trinajstić information content (AvgIpc) is 2.84. The van der Waals surface area contributed by atoms with Crippen molar-refractivity contribution in [3.05, 3.63) is 29.6 Å². The Labute approximate surface area is 111 Å². The summed E-state index contributed by atoms with van der Waals surface area (Å²) in [6.07, 6.45) is 2.15. The van der Waals surface area contributed by atoms with E-state index in [1.54, 1.807) is 0 Å². The third-order valence-corrected chi connectivity index (χ3v) is 3.52. The summed E-state index contributed by atoms with van der Waals surface area (Å²) in [4.78, 5) is 10.7. The van der Waals surface area contributed by atoms with Crippen LogP contribution in [-0.2, 0) is 4.74 Å². The van der Waals surface area contributed by atoms with Gasteiger partial charge >= 0.3 is 5.97 Å². The summed E-state index contributed by atoms with van der Waals surface area (Å²) in [5, 5.41) is 11.8. The number of hydrogen-bond donors (Lipinski definition) is 2. The molecule has 1 heterocycles. The highest BCUT2D eigenvalue weighted by molar-refractivity contribution is 5.88. The zero-order valence-corrected chi connectivity index (χ0v) is 10.9. The highest BCUT2D eigenvalue weighted by Gasteiger charge is 2.26. The zero-order chi connectivity index (χ0) is 13.8. The number of carboxylic acids is 1. The molecule has 0 saturated carbocycles. The monoisotopic (exact) mass is 267 g/mol. The summed E-state index contributed by atoms with van der Waals surface area (Å²) < 4.78 is 19.3. The molecular formula is C14H18FNO3. The maximum absolute atomic E-state index is 13.7. The Morgan fingerprint density at radius 3 is 3.00 bits per heavy atom. The topological polar surface area (TPSA) is 58.6 Å². The molecule has 1 aliphatic heterocycles. The van der Waals surface area contributed by atoms with Gasteiger partial charge in [0, 0.05) is 19.1 Å². The van der Waals surface area contributed by atoms with Gasteiger partial charge in [-0.1, -0.05) is 6.92 Å². The Balaban J connectivity index is 1.98. The maximum Gasteiger partial charge on any atom is 0.335 e. The van der Waals surface area contributed by atoms with Crippen LogP contribution in [0.5, 0.6) is 0 Å². The van der Waals surface area contributed by atoms with Crippen LogP contribution in [0, 0.1) is 11.7 Å². The number of carboxylic acid groups (broad SMARTS) is 1. The van der Waals surface area contributed by atoms with Gasteiger partial charge in [0.2, 0.25) is 0 Å². The van der Waals surface area contributed by atoms with E-state index in [-0.39, 0.29) is 11.7 Å². The molecule has 1 aliphatic rings.